The van der Waals surface area contributed by atoms with Crippen molar-refractivity contribution in [1.29, 1.82) is 0 Å². The number of halogens is 3. The molecule has 2 atom stereocenters. The third kappa shape index (κ3) is 13.7. The molecule has 1 aliphatic rings. The van der Waals surface area contributed by atoms with E-state index in [2.05, 4.69) is 75.7 Å². The second kappa shape index (κ2) is 19.0. The lowest BCUT2D eigenvalue weighted by Gasteiger charge is -2.42. The van der Waals surface area contributed by atoms with Gasteiger partial charge in [-0.1, -0.05) is 66.8 Å². The van der Waals surface area contributed by atoms with Crippen LogP contribution >= 0.6 is 11.6 Å². The van der Waals surface area contributed by atoms with Crippen LogP contribution in [-0.4, -0.2) is 37.4 Å². The van der Waals surface area contributed by atoms with Crippen LogP contribution in [0, 0.1) is 11.7 Å². The van der Waals surface area contributed by atoms with E-state index in [0.29, 0.717) is 36.0 Å². The molecule has 49 heavy (non-hydrogen) atoms. The smallest absolute Gasteiger partial charge is 0.247 e. The molecule has 0 saturated carbocycles. The maximum absolute atomic E-state index is 15.0. The molecule has 0 bridgehead atoms. The maximum Gasteiger partial charge on any atom is 0.247 e. The number of anilines is 2. The summed E-state index contributed by atoms with van der Waals surface area (Å²) >= 11 is 6.22. The Morgan fingerprint density at radius 2 is 1.67 bits per heavy atom. The summed E-state index contributed by atoms with van der Waals surface area (Å²) in [6, 6.07) is 12.7. The summed E-state index contributed by atoms with van der Waals surface area (Å²) in [6.07, 6.45) is 5.41. The lowest BCUT2D eigenvalue weighted by atomic mass is 10.1. The molecule has 3 rings (SSSR count). The molecule has 1 heterocycles. The quantitative estimate of drug-likeness (QED) is 0.187. The zero-order valence-corrected chi connectivity index (χ0v) is 32.5. The second-order valence-electron chi connectivity index (χ2n) is 14.0. The van der Waals surface area contributed by atoms with Crippen LogP contribution in [-0.2, 0) is 11.3 Å². The van der Waals surface area contributed by atoms with E-state index in [1.807, 2.05) is 32.0 Å². The van der Waals surface area contributed by atoms with Crippen molar-refractivity contribution in [2.24, 2.45) is 5.92 Å². The van der Waals surface area contributed by atoms with Gasteiger partial charge in [-0.05, 0) is 109 Å². The monoisotopic (exact) mass is 697 g/mol. The van der Waals surface area contributed by atoms with E-state index in [1.54, 1.807) is 25.1 Å². The number of hydrogen-bond donors (Lipinski definition) is 1. The molecule has 2 aromatic rings. The summed E-state index contributed by atoms with van der Waals surface area (Å²) in [4.78, 5) is 16.4. The van der Waals surface area contributed by atoms with Crippen molar-refractivity contribution < 1.29 is 18.3 Å². The number of rotatable bonds is 11. The highest BCUT2D eigenvalue weighted by Crippen LogP contribution is 2.29. The molecule has 2 unspecified atom stereocenters. The minimum absolute atomic E-state index is 0.137. The van der Waals surface area contributed by atoms with Gasteiger partial charge in [0.15, 0.2) is 0 Å². The Labute approximate surface area is 299 Å². The zero-order chi connectivity index (χ0) is 37.1. The fraction of sp³-hybridized carbons (Fsp3) is 0.488. The molecule has 1 N–H and O–H groups in total. The SMILES string of the molecule is CC(C)=C(C)C(=O)NCc1ccc(N2CCN(c3ccc(OC(C)(C)F)cc3)C(C)C2)c(F)c1.CCC(C)/C=C(Cl)\C(C)=C/C(C)=C(C)C. The molecule has 0 aliphatic carbocycles. The van der Waals surface area contributed by atoms with E-state index >= 15 is 0 Å². The lowest BCUT2D eigenvalue weighted by Crippen LogP contribution is -2.52. The molecule has 1 amide bonds. The van der Waals surface area contributed by atoms with Crippen molar-refractivity contribution in [3.05, 3.63) is 98.9 Å². The van der Waals surface area contributed by atoms with E-state index in [0.717, 1.165) is 40.4 Å². The number of hydrogen-bond acceptors (Lipinski definition) is 4. The first-order chi connectivity index (χ1) is 22.8. The molecule has 1 saturated heterocycles. The maximum atomic E-state index is 15.0. The molecule has 1 aliphatic heterocycles. The first-order valence-electron chi connectivity index (χ1n) is 17.2. The summed E-state index contributed by atoms with van der Waals surface area (Å²) in [5.41, 5.74) is 7.73. The van der Waals surface area contributed by atoms with Crippen LogP contribution < -0.4 is 19.9 Å². The Morgan fingerprint density at radius 3 is 2.18 bits per heavy atom. The van der Waals surface area contributed by atoms with Crippen LogP contribution in [0.15, 0.2) is 87.5 Å². The van der Waals surface area contributed by atoms with Gasteiger partial charge < -0.3 is 19.9 Å². The predicted octanol–water partition coefficient (Wildman–Crippen LogP) is 11.1. The number of benzene rings is 2. The summed E-state index contributed by atoms with van der Waals surface area (Å²) in [6.45, 7) is 25.5. The average Bonchev–Trinajstić information content (AvgIpc) is 3.03. The van der Waals surface area contributed by atoms with E-state index in [4.69, 9.17) is 16.3 Å². The molecule has 270 valence electrons. The van der Waals surface area contributed by atoms with Gasteiger partial charge in [0.1, 0.15) is 11.6 Å². The van der Waals surface area contributed by atoms with E-state index in [9.17, 15) is 13.6 Å². The normalized spacial score (nSPS) is 15.9. The van der Waals surface area contributed by atoms with Crippen LogP contribution in [0.25, 0.3) is 0 Å². The van der Waals surface area contributed by atoms with Gasteiger partial charge in [0, 0.05) is 62.4 Å². The number of nitrogens with one attached hydrogen (secondary N) is 1. The highest BCUT2D eigenvalue weighted by Gasteiger charge is 2.26. The van der Waals surface area contributed by atoms with Crippen LogP contribution in [0.2, 0.25) is 0 Å². The van der Waals surface area contributed by atoms with Gasteiger partial charge in [-0.3, -0.25) is 4.79 Å². The Balaban J connectivity index is 0.000000469. The Morgan fingerprint density at radius 1 is 1.04 bits per heavy atom. The van der Waals surface area contributed by atoms with Crippen LogP contribution in [0.4, 0.5) is 20.2 Å². The number of allylic oxidation sites excluding steroid dienone is 7. The molecule has 5 nitrogen and oxygen atoms in total. The highest BCUT2D eigenvalue weighted by atomic mass is 35.5. The van der Waals surface area contributed by atoms with E-state index in [1.165, 1.54) is 31.1 Å². The van der Waals surface area contributed by atoms with Gasteiger partial charge in [0.2, 0.25) is 11.8 Å². The number of ether oxygens (including phenoxy) is 1. The molecular formula is C41H58ClF2N3O2. The van der Waals surface area contributed by atoms with E-state index < -0.39 is 5.85 Å². The van der Waals surface area contributed by atoms with Gasteiger partial charge >= 0.3 is 0 Å². The second-order valence-corrected chi connectivity index (χ2v) is 14.4. The van der Waals surface area contributed by atoms with E-state index in [-0.39, 0.29) is 24.3 Å². The number of nitrogens with zero attached hydrogens (tertiary/aromatic N) is 2. The fourth-order valence-corrected chi connectivity index (χ4v) is 5.31. The van der Waals surface area contributed by atoms with Crippen molar-refractivity contribution in [2.45, 2.75) is 108 Å². The Kier molecular flexibility index (Phi) is 16.1. The molecular weight excluding hydrogens is 640 g/mol. The summed E-state index contributed by atoms with van der Waals surface area (Å²) in [5, 5.41) is 3.72. The zero-order valence-electron chi connectivity index (χ0n) is 31.7. The van der Waals surface area contributed by atoms with Gasteiger partial charge in [-0.15, -0.1) is 0 Å². The molecule has 0 aromatic heterocycles. The lowest BCUT2D eigenvalue weighted by molar-refractivity contribution is -0.117. The molecule has 0 spiro atoms. The Bertz CT molecular complexity index is 1530. The first-order valence-corrected chi connectivity index (χ1v) is 17.6. The van der Waals surface area contributed by atoms with Crippen LogP contribution in [0.5, 0.6) is 5.75 Å². The first kappa shape index (κ1) is 41.6. The Hall–Kier alpha value is -3.58. The predicted molar refractivity (Wildman–Crippen MR) is 205 cm³/mol. The minimum atomic E-state index is -1.73. The van der Waals surface area contributed by atoms with Crippen molar-refractivity contribution in [3.8, 4) is 5.75 Å². The number of carbonyl (C=O) groups excluding carboxylic acids is 1. The van der Waals surface area contributed by atoms with Gasteiger partial charge in [-0.25, -0.2) is 4.39 Å². The van der Waals surface area contributed by atoms with Crippen molar-refractivity contribution >= 4 is 28.9 Å². The average molecular weight is 698 g/mol. The summed E-state index contributed by atoms with van der Waals surface area (Å²) in [7, 11) is 0. The van der Waals surface area contributed by atoms with Crippen molar-refractivity contribution in [3.63, 3.8) is 0 Å². The molecule has 8 heteroatoms. The number of amides is 1. The van der Waals surface area contributed by atoms with Crippen molar-refractivity contribution in [2.75, 3.05) is 29.4 Å². The topological polar surface area (TPSA) is 44.8 Å². The summed E-state index contributed by atoms with van der Waals surface area (Å²) < 4.78 is 33.9. The molecule has 1 fully saturated rings. The minimum Gasteiger partial charge on any atom is -0.459 e. The van der Waals surface area contributed by atoms with Gasteiger partial charge in [0.05, 0.1) is 5.69 Å². The highest BCUT2D eigenvalue weighted by molar-refractivity contribution is 6.31. The fourth-order valence-electron chi connectivity index (χ4n) is 5.04. The summed E-state index contributed by atoms with van der Waals surface area (Å²) in [5.74, 6) is -1.12. The molecule has 0 radical (unpaired) electrons. The van der Waals surface area contributed by atoms with Crippen LogP contribution in [0.3, 0.4) is 0 Å². The van der Waals surface area contributed by atoms with Gasteiger partial charge in [0.25, 0.3) is 0 Å². The standard InChI is InChI=1S/C27H35F2N3O2.C14H23Cl/c1-18(2)20(4)26(33)30-16-21-7-12-25(24(28)15-21)31-13-14-32(19(3)17-31)22-8-10-23(11-9-22)34-27(5,6)29;1-7-11(4)8-14(15)13(6)9-12(5)10(2)3/h7-12,15,19H,13-14,16-17H2,1-6H3,(H,30,33);8-9,11H,7H2,1-6H3/b;13-9-,14-8+. The van der Waals surface area contributed by atoms with Crippen LogP contribution in [0.1, 0.15) is 95.1 Å². The third-order valence-electron chi connectivity index (χ3n) is 8.73. The number of carbonyl (C=O) groups is 1. The number of alkyl halides is 1. The molecule has 2 aromatic carbocycles. The van der Waals surface area contributed by atoms with Gasteiger partial charge in [-0.2, -0.15) is 4.39 Å². The van der Waals surface area contributed by atoms with Crippen molar-refractivity contribution in [1.82, 2.24) is 5.32 Å². The number of piperazine rings is 1. The largest absolute Gasteiger partial charge is 0.459 e. The third-order valence-corrected chi connectivity index (χ3v) is 9.15.